The Labute approximate surface area is 465 Å². The van der Waals surface area contributed by atoms with Crippen LogP contribution in [0.15, 0.2) is 138 Å². The zero-order valence-electron chi connectivity index (χ0n) is 44.5. The third kappa shape index (κ3) is 32.8. The minimum Gasteiger partial charge on any atom is -0.502 e. The van der Waals surface area contributed by atoms with Crippen LogP contribution in [0.2, 0.25) is 0 Å². The van der Waals surface area contributed by atoms with Crippen LogP contribution in [0.25, 0.3) is 12.2 Å². The van der Waals surface area contributed by atoms with Gasteiger partial charge in [-0.05, 0) is 46.5 Å². The Morgan fingerprint density at radius 3 is 1.30 bits per heavy atom. The molecule has 442 valence electrons. The van der Waals surface area contributed by atoms with Gasteiger partial charge in [0.15, 0.2) is 23.8 Å². The van der Waals surface area contributed by atoms with E-state index < -0.39 is 67.5 Å². The van der Waals surface area contributed by atoms with Gasteiger partial charge < -0.3 is 56.4 Å². The van der Waals surface area contributed by atoms with Gasteiger partial charge in [-0.2, -0.15) is 0 Å². The average molecular weight is 1150 g/mol. The second-order valence-electron chi connectivity index (χ2n) is 14.6. The molecular formula is C52H60N6O24. The van der Waals surface area contributed by atoms with E-state index in [1.807, 2.05) is 13.8 Å². The maximum Gasteiger partial charge on any atom is 0.370 e. The van der Waals surface area contributed by atoms with Gasteiger partial charge in [0, 0.05) is 100 Å². The molecule has 1 aliphatic heterocycles. The SMILES string of the molecule is CC.CC1=N/C(=C\c2cccc([N+](=O)[O-])c2)C(=O)O1.CCC(=O)O.CO.CO.Nc1cccc(CC(O)C(=O)O)c1.O=C(O)/C(O)=C/c1cccc([N+](=O)[O-])c1.O=C(O)C(O)Cc1cccc([N+](=O)[O-])c1.O=Cc1cccc([N+](=O)[O-])c1. The predicted molar refractivity (Wildman–Crippen MR) is 294 cm³/mol. The summed E-state index contributed by atoms with van der Waals surface area (Å²) in [5.41, 5.74) is 8.04. The molecule has 0 spiro atoms. The topological polar surface area (TPSA) is 505 Å². The fourth-order valence-electron chi connectivity index (χ4n) is 5.20. The van der Waals surface area contributed by atoms with Gasteiger partial charge in [-0.25, -0.2) is 24.2 Å². The van der Waals surface area contributed by atoms with Crippen molar-refractivity contribution in [1.29, 1.82) is 0 Å². The largest absolute Gasteiger partial charge is 0.502 e. The maximum atomic E-state index is 11.3. The van der Waals surface area contributed by atoms with E-state index in [-0.39, 0.29) is 59.2 Å². The summed E-state index contributed by atoms with van der Waals surface area (Å²) in [7, 11) is 2.00. The first-order valence-corrected chi connectivity index (χ1v) is 23.0. The van der Waals surface area contributed by atoms with Crippen LogP contribution in [0.1, 0.15) is 66.7 Å². The number of nitro benzene ring substituents is 4. The number of aldehydes is 1. The molecule has 0 saturated carbocycles. The first-order chi connectivity index (χ1) is 38.7. The number of cyclic esters (lactones) is 1. The van der Waals surface area contributed by atoms with Gasteiger partial charge in [-0.3, -0.25) is 50.0 Å². The third-order valence-electron chi connectivity index (χ3n) is 8.74. The highest BCUT2D eigenvalue weighted by molar-refractivity contribution is 6.06. The van der Waals surface area contributed by atoms with Crippen LogP contribution < -0.4 is 5.73 Å². The van der Waals surface area contributed by atoms with Crippen molar-refractivity contribution in [2.45, 2.75) is 59.2 Å². The number of ether oxygens (including phenoxy) is 1. The van der Waals surface area contributed by atoms with E-state index in [1.54, 1.807) is 50.2 Å². The maximum absolute atomic E-state index is 11.3. The lowest BCUT2D eigenvalue weighted by Crippen LogP contribution is -2.21. The zero-order valence-corrected chi connectivity index (χ0v) is 44.5. The van der Waals surface area contributed by atoms with Crippen LogP contribution >= 0.6 is 0 Å². The molecule has 0 fully saturated rings. The summed E-state index contributed by atoms with van der Waals surface area (Å²) in [4.78, 5) is 105. The highest BCUT2D eigenvalue weighted by atomic mass is 16.6. The summed E-state index contributed by atoms with van der Waals surface area (Å²) in [5, 5.41) is 115. The van der Waals surface area contributed by atoms with Crippen molar-refractivity contribution >= 4 is 82.6 Å². The van der Waals surface area contributed by atoms with E-state index in [4.69, 9.17) is 56.4 Å². The summed E-state index contributed by atoms with van der Waals surface area (Å²) in [6, 6.07) is 29.1. The van der Waals surface area contributed by atoms with Crippen LogP contribution in [-0.4, -0.2) is 134 Å². The van der Waals surface area contributed by atoms with Crippen LogP contribution in [0, 0.1) is 40.5 Å². The predicted octanol–water partition coefficient (Wildman–Crippen LogP) is 6.46. The number of nitrogens with two attached hydrogens (primary N) is 1. The standard InChI is InChI=1S/C11H8N2O4.C9H9NO5.C9H7NO5.C9H11NO3.C7H5NO3.C3H6O2.C2H6.2CH4O/c1-7-12-10(11(14)17-7)6-8-3-2-4-9(5-8)13(15)16;2*11-8(9(12)13)5-6-2-1-3-7(4-6)10(14)15;10-7-3-1-2-6(4-7)5-8(11)9(12)13;9-5-6-2-1-3-7(4-6)8(10)11;1-2-3(4)5;3*1-2/h2-6H,1H3;1-4,8,11H,5H2,(H,12,13);1-5,11H,(H,12,13);1-4,8,11H,5,10H2,(H,12,13);1-5H;2H2,1H3,(H,4,5);1-2H3;2*2H,1H3/b10-6-;;8-5-;;;;;;. The Kier molecular flexibility index (Phi) is 39.0. The minimum absolute atomic E-state index is 0.0357. The van der Waals surface area contributed by atoms with Gasteiger partial charge in [-0.1, -0.05) is 81.4 Å². The first-order valence-electron chi connectivity index (χ1n) is 23.0. The van der Waals surface area contributed by atoms with Crippen LogP contribution in [0.5, 0.6) is 0 Å². The van der Waals surface area contributed by atoms with Crippen molar-refractivity contribution in [2.24, 2.45) is 4.99 Å². The number of hydrogen-bond donors (Lipinski definition) is 10. The molecule has 30 nitrogen and oxygen atoms in total. The van der Waals surface area contributed by atoms with Crippen molar-refractivity contribution < 1.29 is 99.2 Å². The lowest BCUT2D eigenvalue weighted by atomic mass is 10.1. The van der Waals surface area contributed by atoms with Gasteiger partial charge >= 0.3 is 29.8 Å². The van der Waals surface area contributed by atoms with E-state index in [0.29, 0.717) is 28.7 Å². The van der Waals surface area contributed by atoms with E-state index in [2.05, 4.69) is 4.99 Å². The van der Waals surface area contributed by atoms with Crippen LogP contribution in [-0.2, 0) is 41.6 Å². The number of nitrogens with zero attached hydrogens (tertiary/aromatic N) is 5. The number of hydrogen-bond acceptors (Lipinski definition) is 22. The highest BCUT2D eigenvalue weighted by Crippen LogP contribution is 2.20. The van der Waals surface area contributed by atoms with E-state index in [9.17, 15) is 69.2 Å². The molecule has 1 aliphatic rings. The van der Waals surface area contributed by atoms with Crippen molar-refractivity contribution in [3.05, 3.63) is 201 Å². The van der Waals surface area contributed by atoms with Crippen molar-refractivity contribution in [3.63, 3.8) is 0 Å². The molecule has 82 heavy (non-hydrogen) atoms. The number of aliphatic imine (C=N–C) groups is 1. The Morgan fingerprint density at radius 2 is 0.951 bits per heavy atom. The molecule has 0 amide bonds. The van der Waals surface area contributed by atoms with E-state index in [1.165, 1.54) is 91.0 Å². The van der Waals surface area contributed by atoms with Gasteiger partial charge in [0.05, 0.1) is 19.7 Å². The molecule has 6 rings (SSSR count). The van der Waals surface area contributed by atoms with Crippen LogP contribution in [0.3, 0.4) is 0 Å². The number of esters is 1. The third-order valence-corrected chi connectivity index (χ3v) is 8.74. The number of nitro groups is 4. The van der Waals surface area contributed by atoms with Crippen molar-refractivity contribution in [1.82, 2.24) is 0 Å². The lowest BCUT2D eigenvalue weighted by Gasteiger charge is -2.05. The molecule has 5 aromatic carbocycles. The number of benzene rings is 5. The van der Waals surface area contributed by atoms with E-state index in [0.717, 1.165) is 25.9 Å². The number of carbonyl (C=O) groups excluding carboxylic acids is 2. The highest BCUT2D eigenvalue weighted by Gasteiger charge is 2.20. The van der Waals surface area contributed by atoms with Crippen LogP contribution in [0.4, 0.5) is 28.4 Å². The summed E-state index contributed by atoms with van der Waals surface area (Å²) < 4.78 is 4.73. The van der Waals surface area contributed by atoms with Gasteiger partial charge in [0.25, 0.3) is 22.7 Å². The number of rotatable bonds is 15. The summed E-state index contributed by atoms with van der Waals surface area (Å²) >= 11 is 0. The number of anilines is 1. The molecule has 1 heterocycles. The number of nitrogen functional groups attached to an aromatic ring is 1. The van der Waals surface area contributed by atoms with Crippen molar-refractivity contribution in [3.8, 4) is 0 Å². The molecule has 0 saturated heterocycles. The number of aliphatic hydroxyl groups is 5. The number of non-ortho nitro benzene ring substituents is 4. The fourth-order valence-corrected chi connectivity index (χ4v) is 5.20. The monoisotopic (exact) mass is 1150 g/mol. The van der Waals surface area contributed by atoms with Gasteiger partial charge in [0.1, 0.15) is 6.29 Å². The number of carboxylic acids is 4. The smallest absolute Gasteiger partial charge is 0.370 e. The summed E-state index contributed by atoms with van der Waals surface area (Å²) in [5.74, 6) is -5.94. The normalized spacial score (nSPS) is 11.6. The Bertz CT molecular complexity index is 3020. The average Bonchev–Trinajstić information content (AvgIpc) is 3.83. The second-order valence-corrected chi connectivity index (χ2v) is 14.6. The minimum atomic E-state index is -1.54. The molecule has 0 aromatic heterocycles. The Balaban J connectivity index is -0.000000914. The van der Waals surface area contributed by atoms with Gasteiger partial charge in [-0.15, -0.1) is 0 Å². The molecule has 0 aliphatic carbocycles. The zero-order chi connectivity index (χ0) is 63.7. The molecular weight excluding hydrogens is 1090 g/mol. The summed E-state index contributed by atoms with van der Waals surface area (Å²) in [6.45, 7) is 7.16. The quantitative estimate of drug-likeness (QED) is 0.0102. The summed E-state index contributed by atoms with van der Waals surface area (Å²) in [6.07, 6.45) is 0.236. The molecule has 2 unspecified atom stereocenters. The second kappa shape index (κ2) is 42.3. The van der Waals surface area contributed by atoms with Gasteiger partial charge in [0.2, 0.25) is 5.76 Å². The Morgan fingerprint density at radius 1 is 0.598 bits per heavy atom. The van der Waals surface area contributed by atoms with Crippen molar-refractivity contribution in [2.75, 3.05) is 20.0 Å². The fraction of sp³-hybridized carbons (Fsp3) is 0.212. The Hall–Kier alpha value is -10.7. The molecule has 11 N–H and O–H groups in total. The number of aliphatic carboxylic acids is 4. The molecule has 5 aromatic rings. The molecule has 30 heteroatoms. The van der Waals surface area contributed by atoms with E-state index >= 15 is 0 Å². The first kappa shape index (κ1) is 75.5. The molecule has 0 bridgehead atoms. The number of carboxylic acid groups (broad SMARTS) is 4. The molecule has 0 radical (unpaired) electrons. The lowest BCUT2D eigenvalue weighted by molar-refractivity contribution is -0.385. The molecule has 2 atom stereocenters. The number of carbonyl (C=O) groups is 6. The number of aliphatic hydroxyl groups excluding tert-OH is 5.